The smallest absolute Gasteiger partial charge is 0.254 e. The molecular formula is C14H13Br2NOS. The van der Waals surface area contributed by atoms with Crippen molar-refractivity contribution in [1.29, 1.82) is 0 Å². The molecule has 0 saturated carbocycles. The van der Waals surface area contributed by atoms with Crippen molar-refractivity contribution < 1.29 is 4.79 Å². The van der Waals surface area contributed by atoms with Crippen molar-refractivity contribution in [2.75, 3.05) is 7.05 Å². The van der Waals surface area contributed by atoms with Crippen LogP contribution >= 0.6 is 43.2 Å². The van der Waals surface area contributed by atoms with Crippen LogP contribution in [-0.2, 0) is 6.54 Å². The number of hydrogen-bond donors (Lipinski definition) is 0. The van der Waals surface area contributed by atoms with Gasteiger partial charge in [0.1, 0.15) is 0 Å². The standard InChI is InChI=1S/C14H13Br2NOS/c1-9-12(4-3-5-13(9)16)14(18)17(2)7-11-6-10(15)8-19-11/h3-6,8H,7H2,1-2H3. The van der Waals surface area contributed by atoms with Crippen molar-refractivity contribution in [1.82, 2.24) is 4.90 Å². The minimum Gasteiger partial charge on any atom is -0.337 e. The maximum Gasteiger partial charge on any atom is 0.254 e. The minimum absolute atomic E-state index is 0.0447. The van der Waals surface area contributed by atoms with Crippen molar-refractivity contribution in [3.05, 3.63) is 54.6 Å². The number of amides is 1. The molecule has 1 heterocycles. The van der Waals surface area contributed by atoms with Crippen LogP contribution in [0.5, 0.6) is 0 Å². The van der Waals surface area contributed by atoms with Crippen LogP contribution in [0.2, 0.25) is 0 Å². The van der Waals surface area contributed by atoms with E-state index >= 15 is 0 Å². The first kappa shape index (κ1) is 14.8. The average Bonchev–Trinajstić information content (AvgIpc) is 2.77. The summed E-state index contributed by atoms with van der Waals surface area (Å²) in [6.45, 7) is 2.58. The van der Waals surface area contributed by atoms with E-state index in [1.54, 1.807) is 16.2 Å². The average molecular weight is 403 g/mol. The van der Waals surface area contributed by atoms with Gasteiger partial charge in [0.05, 0.1) is 6.54 Å². The number of halogens is 2. The van der Waals surface area contributed by atoms with Crippen LogP contribution in [0.15, 0.2) is 38.6 Å². The first-order valence-corrected chi connectivity index (χ1v) is 8.19. The van der Waals surface area contributed by atoms with E-state index in [0.29, 0.717) is 6.54 Å². The summed E-state index contributed by atoms with van der Waals surface area (Å²) in [7, 11) is 1.83. The van der Waals surface area contributed by atoms with Gasteiger partial charge in [-0.3, -0.25) is 4.79 Å². The Balaban J connectivity index is 2.17. The fourth-order valence-electron chi connectivity index (χ4n) is 1.79. The Kier molecular flexibility index (Phi) is 4.81. The second-order valence-electron chi connectivity index (χ2n) is 4.30. The van der Waals surface area contributed by atoms with E-state index in [0.717, 1.165) is 24.9 Å². The molecule has 0 unspecified atom stereocenters. The van der Waals surface area contributed by atoms with Crippen molar-refractivity contribution >= 4 is 49.1 Å². The lowest BCUT2D eigenvalue weighted by molar-refractivity contribution is 0.0785. The molecule has 19 heavy (non-hydrogen) atoms. The third-order valence-corrected chi connectivity index (χ3v) is 5.40. The highest BCUT2D eigenvalue weighted by molar-refractivity contribution is 9.10. The number of hydrogen-bond acceptors (Lipinski definition) is 2. The Morgan fingerprint density at radius 3 is 2.74 bits per heavy atom. The van der Waals surface area contributed by atoms with Gasteiger partial charge in [-0.25, -0.2) is 0 Å². The van der Waals surface area contributed by atoms with Crippen molar-refractivity contribution in [3.8, 4) is 0 Å². The Labute approximate surface area is 133 Å². The highest BCUT2D eigenvalue weighted by atomic mass is 79.9. The normalized spacial score (nSPS) is 10.5. The van der Waals surface area contributed by atoms with Gasteiger partial charge in [-0.05, 0) is 46.6 Å². The largest absolute Gasteiger partial charge is 0.337 e. The molecule has 0 aliphatic rings. The molecule has 0 radical (unpaired) electrons. The van der Waals surface area contributed by atoms with Gasteiger partial charge in [0.15, 0.2) is 0 Å². The molecule has 1 amide bonds. The fraction of sp³-hybridized carbons (Fsp3) is 0.214. The molecule has 2 nitrogen and oxygen atoms in total. The first-order valence-electron chi connectivity index (χ1n) is 5.72. The third-order valence-electron chi connectivity index (χ3n) is 2.86. The van der Waals surface area contributed by atoms with Gasteiger partial charge in [-0.1, -0.05) is 22.0 Å². The third kappa shape index (κ3) is 3.46. The lowest BCUT2D eigenvalue weighted by Gasteiger charge is -2.18. The highest BCUT2D eigenvalue weighted by Crippen LogP contribution is 2.23. The number of carbonyl (C=O) groups is 1. The predicted octanol–water partition coefficient (Wildman–Crippen LogP) is 4.85. The van der Waals surface area contributed by atoms with Crippen LogP contribution in [-0.4, -0.2) is 17.9 Å². The summed E-state index contributed by atoms with van der Waals surface area (Å²) in [5.74, 6) is 0.0447. The van der Waals surface area contributed by atoms with Gasteiger partial charge < -0.3 is 4.90 Å². The minimum atomic E-state index is 0.0447. The quantitative estimate of drug-likeness (QED) is 0.718. The molecule has 0 atom stereocenters. The number of benzene rings is 1. The molecule has 0 saturated heterocycles. The lowest BCUT2D eigenvalue weighted by atomic mass is 10.1. The fourth-order valence-corrected chi connectivity index (χ4v) is 3.66. The molecular weight excluding hydrogens is 390 g/mol. The highest BCUT2D eigenvalue weighted by Gasteiger charge is 2.16. The SMILES string of the molecule is Cc1c(Br)cccc1C(=O)N(C)Cc1cc(Br)cs1. The van der Waals surface area contributed by atoms with Gasteiger partial charge in [0.25, 0.3) is 5.91 Å². The zero-order valence-electron chi connectivity index (χ0n) is 10.6. The predicted molar refractivity (Wildman–Crippen MR) is 86.7 cm³/mol. The molecule has 0 bridgehead atoms. The summed E-state index contributed by atoms with van der Waals surface area (Å²) in [6.07, 6.45) is 0. The van der Waals surface area contributed by atoms with Crippen molar-refractivity contribution in [2.45, 2.75) is 13.5 Å². The Morgan fingerprint density at radius 1 is 1.37 bits per heavy atom. The maximum atomic E-state index is 12.4. The molecule has 1 aromatic carbocycles. The summed E-state index contributed by atoms with van der Waals surface area (Å²) in [4.78, 5) is 15.3. The van der Waals surface area contributed by atoms with Crippen molar-refractivity contribution in [2.24, 2.45) is 0 Å². The zero-order valence-corrected chi connectivity index (χ0v) is 14.6. The molecule has 0 fully saturated rings. The summed E-state index contributed by atoms with van der Waals surface area (Å²) in [5, 5.41) is 2.03. The van der Waals surface area contributed by atoms with E-state index in [9.17, 15) is 4.79 Å². The van der Waals surface area contributed by atoms with Gasteiger partial charge in [-0.15, -0.1) is 11.3 Å². The number of carbonyl (C=O) groups excluding carboxylic acids is 1. The summed E-state index contributed by atoms with van der Waals surface area (Å²) < 4.78 is 2.03. The topological polar surface area (TPSA) is 20.3 Å². The van der Waals surface area contributed by atoms with Crippen LogP contribution in [0, 0.1) is 6.92 Å². The molecule has 2 aromatic rings. The van der Waals surface area contributed by atoms with Gasteiger partial charge in [0, 0.05) is 31.8 Å². The first-order chi connectivity index (χ1) is 8.99. The molecule has 1 aromatic heterocycles. The van der Waals surface area contributed by atoms with Crippen LogP contribution in [0.1, 0.15) is 20.8 Å². The summed E-state index contributed by atoms with van der Waals surface area (Å²) >= 11 is 8.53. The Hall–Kier alpha value is -0.650. The van der Waals surface area contributed by atoms with Crippen LogP contribution in [0.3, 0.4) is 0 Å². The van der Waals surface area contributed by atoms with Crippen molar-refractivity contribution in [3.63, 3.8) is 0 Å². The van der Waals surface area contributed by atoms with Crippen LogP contribution in [0.4, 0.5) is 0 Å². The van der Waals surface area contributed by atoms with Crippen LogP contribution in [0.25, 0.3) is 0 Å². The number of rotatable bonds is 3. The van der Waals surface area contributed by atoms with E-state index in [-0.39, 0.29) is 5.91 Å². The van der Waals surface area contributed by atoms with E-state index < -0.39 is 0 Å². The molecule has 0 aliphatic carbocycles. The maximum absolute atomic E-state index is 12.4. The second-order valence-corrected chi connectivity index (χ2v) is 7.07. The second kappa shape index (κ2) is 6.20. The van der Waals surface area contributed by atoms with Gasteiger partial charge in [-0.2, -0.15) is 0 Å². The van der Waals surface area contributed by atoms with E-state index in [1.165, 1.54) is 0 Å². The molecule has 0 aliphatic heterocycles. The van der Waals surface area contributed by atoms with E-state index in [2.05, 4.69) is 31.9 Å². The number of thiophene rings is 1. The molecule has 2 rings (SSSR count). The number of nitrogens with zero attached hydrogens (tertiary/aromatic N) is 1. The Morgan fingerprint density at radius 2 is 2.11 bits per heavy atom. The molecule has 5 heteroatoms. The van der Waals surface area contributed by atoms with Gasteiger partial charge >= 0.3 is 0 Å². The van der Waals surface area contributed by atoms with Crippen LogP contribution < -0.4 is 0 Å². The molecule has 0 spiro atoms. The Bertz CT molecular complexity index is 609. The van der Waals surface area contributed by atoms with E-state index in [1.807, 2.05) is 43.6 Å². The molecule has 0 N–H and O–H groups in total. The summed E-state index contributed by atoms with van der Waals surface area (Å²) in [5.41, 5.74) is 1.72. The zero-order chi connectivity index (χ0) is 14.0. The molecule has 100 valence electrons. The monoisotopic (exact) mass is 401 g/mol. The van der Waals surface area contributed by atoms with Gasteiger partial charge in [0.2, 0.25) is 0 Å². The lowest BCUT2D eigenvalue weighted by Crippen LogP contribution is -2.26. The summed E-state index contributed by atoms with van der Waals surface area (Å²) in [6, 6.07) is 7.74. The van der Waals surface area contributed by atoms with E-state index in [4.69, 9.17) is 0 Å².